The highest BCUT2D eigenvalue weighted by Crippen LogP contribution is 2.18. The molecule has 0 aromatic heterocycles. The summed E-state index contributed by atoms with van der Waals surface area (Å²) in [5.74, 6) is -0.201. The highest BCUT2D eigenvalue weighted by Gasteiger charge is 2.09. The number of fused-ring (bicyclic) bond motifs is 2. The molecule has 0 N–H and O–H groups in total. The van der Waals surface area contributed by atoms with E-state index in [0.717, 1.165) is 27.1 Å². The summed E-state index contributed by atoms with van der Waals surface area (Å²) >= 11 is 0. The van der Waals surface area contributed by atoms with Crippen LogP contribution in [0.5, 0.6) is 0 Å². The Bertz CT molecular complexity index is 1080. The number of rotatable bonds is 7. The van der Waals surface area contributed by atoms with E-state index in [0.29, 0.717) is 31.4 Å². The van der Waals surface area contributed by atoms with Gasteiger partial charge in [-0.2, -0.15) is 0 Å². The molecule has 0 aliphatic carbocycles. The Morgan fingerprint density at radius 1 is 0.621 bits per heavy atom. The second-order valence-electron chi connectivity index (χ2n) is 7.14. The van der Waals surface area contributed by atoms with Crippen LogP contribution in [-0.2, 0) is 4.74 Å². The second kappa shape index (κ2) is 8.70. The second-order valence-corrected chi connectivity index (χ2v) is 7.14. The molecule has 0 saturated carbocycles. The predicted octanol–water partition coefficient (Wildman–Crippen LogP) is 6.20. The van der Waals surface area contributed by atoms with E-state index in [-0.39, 0.29) is 11.8 Å². The average molecular weight is 382 g/mol. The molecule has 0 atom stereocenters. The maximum atomic E-state index is 12.4. The fourth-order valence-corrected chi connectivity index (χ4v) is 3.46. The standard InChI is InChI=1S/C26H22O3/c27-25(23-14-12-19-7-1-3-9-21(19)17-23)11-5-6-16-29-26(28)24-15-13-20-8-2-4-10-22(20)18-24/h1-4,7-10,12-15,17-18H,5-6,11,16H2. The van der Waals surface area contributed by atoms with Gasteiger partial charge in [-0.3, -0.25) is 4.79 Å². The largest absolute Gasteiger partial charge is 0.462 e. The molecule has 0 amide bonds. The quantitative estimate of drug-likeness (QED) is 0.217. The first-order chi connectivity index (χ1) is 14.2. The molecule has 29 heavy (non-hydrogen) atoms. The third-order valence-corrected chi connectivity index (χ3v) is 5.09. The van der Waals surface area contributed by atoms with Crippen molar-refractivity contribution in [3.8, 4) is 0 Å². The molecule has 4 aromatic carbocycles. The number of ketones is 1. The summed E-state index contributed by atoms with van der Waals surface area (Å²) in [6, 6.07) is 27.3. The molecule has 4 aromatic rings. The lowest BCUT2D eigenvalue weighted by atomic mass is 10.0. The van der Waals surface area contributed by atoms with Crippen LogP contribution >= 0.6 is 0 Å². The lowest BCUT2D eigenvalue weighted by molar-refractivity contribution is 0.0498. The minimum absolute atomic E-state index is 0.122. The molecular formula is C26H22O3. The van der Waals surface area contributed by atoms with Gasteiger partial charge in [-0.25, -0.2) is 4.79 Å². The maximum Gasteiger partial charge on any atom is 0.338 e. The van der Waals surface area contributed by atoms with E-state index in [1.54, 1.807) is 6.07 Å². The molecule has 0 unspecified atom stereocenters. The van der Waals surface area contributed by atoms with E-state index in [9.17, 15) is 9.59 Å². The van der Waals surface area contributed by atoms with Gasteiger partial charge in [0.25, 0.3) is 0 Å². The highest BCUT2D eigenvalue weighted by molar-refractivity contribution is 6.00. The molecule has 0 spiro atoms. The van der Waals surface area contributed by atoms with Crippen molar-refractivity contribution in [1.82, 2.24) is 0 Å². The number of unbranched alkanes of at least 4 members (excludes halogenated alkanes) is 1. The first kappa shape index (κ1) is 18.9. The number of ether oxygens (including phenoxy) is 1. The van der Waals surface area contributed by atoms with Crippen LogP contribution in [0.25, 0.3) is 21.5 Å². The van der Waals surface area contributed by atoms with Gasteiger partial charge in [0.2, 0.25) is 0 Å². The Labute approximate surface area is 169 Å². The van der Waals surface area contributed by atoms with Gasteiger partial charge in [0.1, 0.15) is 0 Å². The summed E-state index contributed by atoms with van der Waals surface area (Å²) in [5, 5.41) is 4.31. The molecule has 0 saturated heterocycles. The van der Waals surface area contributed by atoms with Gasteiger partial charge in [0.15, 0.2) is 5.78 Å². The molecular weight excluding hydrogens is 360 g/mol. The van der Waals surface area contributed by atoms with Crippen LogP contribution in [-0.4, -0.2) is 18.4 Å². The number of hydrogen-bond donors (Lipinski definition) is 0. The summed E-state index contributed by atoms with van der Waals surface area (Å²) in [6.45, 7) is 0.316. The van der Waals surface area contributed by atoms with Crippen LogP contribution in [0, 0.1) is 0 Å². The van der Waals surface area contributed by atoms with Gasteiger partial charge in [-0.15, -0.1) is 0 Å². The van der Waals surface area contributed by atoms with E-state index in [1.165, 1.54) is 0 Å². The van der Waals surface area contributed by atoms with Crippen molar-refractivity contribution in [2.24, 2.45) is 0 Å². The van der Waals surface area contributed by atoms with Gasteiger partial charge in [-0.05, 0) is 52.6 Å². The van der Waals surface area contributed by atoms with Crippen LogP contribution in [0.15, 0.2) is 84.9 Å². The van der Waals surface area contributed by atoms with Crippen molar-refractivity contribution >= 4 is 33.3 Å². The van der Waals surface area contributed by atoms with Gasteiger partial charge >= 0.3 is 5.97 Å². The highest BCUT2D eigenvalue weighted by atomic mass is 16.5. The van der Waals surface area contributed by atoms with Crippen LogP contribution < -0.4 is 0 Å². The van der Waals surface area contributed by atoms with Crippen molar-refractivity contribution in [2.45, 2.75) is 19.3 Å². The van der Waals surface area contributed by atoms with Crippen LogP contribution in [0.3, 0.4) is 0 Å². The molecule has 144 valence electrons. The van der Waals surface area contributed by atoms with E-state index in [2.05, 4.69) is 0 Å². The zero-order valence-corrected chi connectivity index (χ0v) is 16.1. The molecule has 3 heteroatoms. The van der Waals surface area contributed by atoms with Crippen LogP contribution in [0.2, 0.25) is 0 Å². The summed E-state index contributed by atoms with van der Waals surface area (Å²) < 4.78 is 5.37. The fourth-order valence-electron chi connectivity index (χ4n) is 3.46. The normalized spacial score (nSPS) is 10.9. The fraction of sp³-hybridized carbons (Fsp3) is 0.154. The van der Waals surface area contributed by atoms with Crippen molar-refractivity contribution in [2.75, 3.05) is 6.61 Å². The lowest BCUT2D eigenvalue weighted by Crippen LogP contribution is -2.07. The molecule has 0 bridgehead atoms. The summed E-state index contributed by atoms with van der Waals surface area (Å²) in [7, 11) is 0. The van der Waals surface area contributed by atoms with Crippen molar-refractivity contribution in [1.29, 1.82) is 0 Å². The zero-order valence-electron chi connectivity index (χ0n) is 16.1. The number of carbonyl (C=O) groups excluding carboxylic acids is 2. The number of Topliss-reactive ketones (excluding diaryl/α,β-unsaturated/α-hetero) is 1. The van der Waals surface area contributed by atoms with Crippen LogP contribution in [0.1, 0.15) is 40.0 Å². The Hall–Kier alpha value is -3.46. The van der Waals surface area contributed by atoms with Gasteiger partial charge in [0.05, 0.1) is 12.2 Å². The lowest BCUT2D eigenvalue weighted by Gasteiger charge is -2.06. The Balaban J connectivity index is 1.25. The smallest absolute Gasteiger partial charge is 0.338 e. The molecule has 0 heterocycles. The SMILES string of the molecule is O=C(CCCCOC(=O)c1ccc2ccccc2c1)c1ccc2ccccc2c1. The van der Waals surface area contributed by atoms with Gasteiger partial charge in [-0.1, -0.05) is 66.7 Å². The Kier molecular flexibility index (Phi) is 5.66. The van der Waals surface area contributed by atoms with Gasteiger partial charge < -0.3 is 4.74 Å². The van der Waals surface area contributed by atoms with Gasteiger partial charge in [0, 0.05) is 12.0 Å². The van der Waals surface area contributed by atoms with Crippen molar-refractivity contribution < 1.29 is 14.3 Å². The topological polar surface area (TPSA) is 43.4 Å². The average Bonchev–Trinajstić information content (AvgIpc) is 2.77. The number of benzene rings is 4. The van der Waals surface area contributed by atoms with E-state index >= 15 is 0 Å². The summed E-state index contributed by atoms with van der Waals surface area (Å²) in [5.41, 5.74) is 1.28. The van der Waals surface area contributed by atoms with E-state index < -0.39 is 0 Å². The molecule has 0 radical (unpaired) electrons. The van der Waals surface area contributed by atoms with Crippen molar-refractivity contribution in [3.05, 3.63) is 96.1 Å². The van der Waals surface area contributed by atoms with Crippen molar-refractivity contribution in [3.63, 3.8) is 0 Å². The minimum atomic E-state index is -0.323. The Morgan fingerprint density at radius 3 is 1.83 bits per heavy atom. The minimum Gasteiger partial charge on any atom is -0.462 e. The first-order valence-corrected chi connectivity index (χ1v) is 9.89. The molecule has 3 nitrogen and oxygen atoms in total. The first-order valence-electron chi connectivity index (χ1n) is 9.89. The predicted molar refractivity (Wildman–Crippen MR) is 116 cm³/mol. The molecule has 0 aliphatic heterocycles. The van der Waals surface area contributed by atoms with E-state index in [4.69, 9.17) is 4.74 Å². The molecule has 0 fully saturated rings. The molecule has 0 aliphatic rings. The zero-order chi connectivity index (χ0) is 20.1. The third kappa shape index (κ3) is 4.52. The Morgan fingerprint density at radius 2 is 1.17 bits per heavy atom. The van der Waals surface area contributed by atoms with Crippen LogP contribution in [0.4, 0.5) is 0 Å². The van der Waals surface area contributed by atoms with E-state index in [1.807, 2.05) is 78.9 Å². The summed E-state index contributed by atoms with van der Waals surface area (Å²) in [4.78, 5) is 24.7. The monoisotopic (exact) mass is 382 g/mol. The number of esters is 1. The molecule has 4 rings (SSSR count). The number of hydrogen-bond acceptors (Lipinski definition) is 3. The summed E-state index contributed by atoms with van der Waals surface area (Å²) in [6.07, 6.45) is 1.81. The number of carbonyl (C=O) groups is 2. The maximum absolute atomic E-state index is 12.4. The third-order valence-electron chi connectivity index (χ3n) is 5.09.